The minimum absolute atomic E-state index is 0.00192. The van der Waals surface area contributed by atoms with E-state index in [1.165, 1.54) is 19.2 Å². The van der Waals surface area contributed by atoms with Crippen LogP contribution in [0.3, 0.4) is 0 Å². The van der Waals surface area contributed by atoms with Crippen LogP contribution >= 0.6 is 0 Å². The highest BCUT2D eigenvalue weighted by Gasteiger charge is 2.26. The number of rotatable bonds is 5. The van der Waals surface area contributed by atoms with Crippen molar-refractivity contribution < 1.29 is 21.2 Å². The van der Waals surface area contributed by atoms with Gasteiger partial charge in [0.05, 0.1) is 16.8 Å². The molecule has 0 aliphatic rings. The fourth-order valence-corrected chi connectivity index (χ4v) is 5.09. The molecule has 0 spiro atoms. The Morgan fingerprint density at radius 1 is 0.962 bits per heavy atom. The molecular weight excluding hydrogens is 379 g/mol. The number of halogens is 1. The van der Waals surface area contributed by atoms with E-state index in [4.69, 9.17) is 0 Å². The Morgan fingerprint density at radius 2 is 1.50 bits per heavy atom. The molecule has 0 fully saturated rings. The van der Waals surface area contributed by atoms with Crippen LogP contribution in [0.1, 0.15) is 16.7 Å². The average molecular weight is 400 g/mol. The van der Waals surface area contributed by atoms with Gasteiger partial charge in [-0.2, -0.15) is 0 Å². The number of nitrogens with one attached hydrogen (secondary N) is 1. The van der Waals surface area contributed by atoms with Gasteiger partial charge in [-0.15, -0.1) is 0 Å². The Morgan fingerprint density at radius 3 is 2.00 bits per heavy atom. The Bertz CT molecular complexity index is 1050. The van der Waals surface area contributed by atoms with E-state index in [9.17, 15) is 21.2 Å². The molecule has 0 saturated carbocycles. The molecule has 0 aromatic heterocycles. The van der Waals surface area contributed by atoms with Crippen LogP contribution in [-0.2, 0) is 20.0 Å². The molecule has 0 aliphatic heterocycles. The summed E-state index contributed by atoms with van der Waals surface area (Å²) < 4.78 is 66.1. The van der Waals surface area contributed by atoms with Crippen molar-refractivity contribution in [3.8, 4) is 0 Å². The van der Waals surface area contributed by atoms with Crippen molar-refractivity contribution in [3.63, 3.8) is 0 Å². The second kappa shape index (κ2) is 6.88. The van der Waals surface area contributed by atoms with E-state index in [-0.39, 0.29) is 10.6 Å². The summed E-state index contributed by atoms with van der Waals surface area (Å²) in [4.78, 5) is -0.00192. The highest BCUT2D eigenvalue weighted by Crippen LogP contribution is 2.34. The summed E-state index contributed by atoms with van der Waals surface area (Å²) in [6.45, 7) is 4.93. The van der Waals surface area contributed by atoms with Crippen LogP contribution in [0.5, 0.6) is 0 Å². The van der Waals surface area contributed by atoms with Gasteiger partial charge >= 0.3 is 0 Å². The third kappa shape index (κ3) is 3.99. The van der Waals surface area contributed by atoms with E-state index < -0.39 is 25.9 Å². The molecule has 26 heavy (non-hydrogen) atoms. The lowest BCUT2D eigenvalue weighted by molar-refractivity contribution is 0.596. The van der Waals surface area contributed by atoms with Gasteiger partial charge in [-0.1, -0.05) is 6.07 Å². The molecule has 6 nitrogen and oxygen atoms in total. The molecule has 0 atom stereocenters. The van der Waals surface area contributed by atoms with E-state index in [0.29, 0.717) is 22.4 Å². The van der Waals surface area contributed by atoms with Crippen LogP contribution in [0.2, 0.25) is 0 Å². The summed E-state index contributed by atoms with van der Waals surface area (Å²) in [5, 5.41) is 0. The summed E-state index contributed by atoms with van der Waals surface area (Å²) in [7, 11) is -6.18. The highest BCUT2D eigenvalue weighted by molar-refractivity contribution is 7.93. The molecule has 0 saturated heterocycles. The smallest absolute Gasteiger partial charge is 0.262 e. The molecule has 2 rings (SSSR count). The average Bonchev–Trinajstić information content (AvgIpc) is 2.47. The predicted molar refractivity (Wildman–Crippen MR) is 101 cm³/mol. The summed E-state index contributed by atoms with van der Waals surface area (Å²) in [5.41, 5.74) is 1.99. The second-order valence-corrected chi connectivity index (χ2v) is 9.79. The molecule has 2 aromatic carbocycles. The van der Waals surface area contributed by atoms with E-state index in [2.05, 4.69) is 4.72 Å². The quantitative estimate of drug-likeness (QED) is 0.836. The van der Waals surface area contributed by atoms with Crippen LogP contribution in [-0.4, -0.2) is 30.1 Å². The summed E-state index contributed by atoms with van der Waals surface area (Å²) in [6.07, 6.45) is 1.05. The normalized spacial score (nSPS) is 12.1. The van der Waals surface area contributed by atoms with Crippen molar-refractivity contribution in [2.45, 2.75) is 25.7 Å². The van der Waals surface area contributed by atoms with Crippen LogP contribution in [0.4, 0.5) is 15.8 Å². The molecule has 0 aliphatic carbocycles. The first kappa shape index (κ1) is 20.2. The van der Waals surface area contributed by atoms with Gasteiger partial charge in [-0.05, 0) is 61.7 Å². The summed E-state index contributed by atoms with van der Waals surface area (Å²) in [6, 6.07) is 6.55. The van der Waals surface area contributed by atoms with Gasteiger partial charge in [0.25, 0.3) is 10.0 Å². The van der Waals surface area contributed by atoms with E-state index in [0.717, 1.165) is 22.7 Å². The first-order chi connectivity index (χ1) is 11.8. The first-order valence-corrected chi connectivity index (χ1v) is 11.0. The fraction of sp³-hybridized carbons (Fsp3) is 0.294. The maximum Gasteiger partial charge on any atom is 0.262 e. The molecule has 2 aromatic rings. The molecule has 142 valence electrons. The number of aryl methyl sites for hydroxylation is 2. The maximum atomic E-state index is 13.0. The van der Waals surface area contributed by atoms with Gasteiger partial charge in [0, 0.05) is 12.7 Å². The van der Waals surface area contributed by atoms with Crippen LogP contribution < -0.4 is 9.03 Å². The van der Waals surface area contributed by atoms with Crippen LogP contribution in [0, 0.1) is 26.6 Å². The van der Waals surface area contributed by atoms with Gasteiger partial charge in [-0.3, -0.25) is 9.03 Å². The zero-order valence-electron chi connectivity index (χ0n) is 15.2. The molecular formula is C17H21FN2O4S2. The number of nitrogens with zero attached hydrogens (tertiary/aromatic N) is 1. The minimum atomic E-state index is -4.00. The molecule has 9 heteroatoms. The molecule has 0 amide bonds. The van der Waals surface area contributed by atoms with Gasteiger partial charge in [0.1, 0.15) is 5.82 Å². The SMILES string of the molecule is Cc1cc(C)c(S(=O)(=O)Nc2ccc(F)cc2)c(C)c1N(C)S(C)(=O)=O. The number of anilines is 2. The third-order valence-electron chi connectivity index (χ3n) is 4.04. The van der Waals surface area contributed by atoms with Crippen molar-refractivity contribution in [1.29, 1.82) is 0 Å². The van der Waals surface area contributed by atoms with Crippen LogP contribution in [0.25, 0.3) is 0 Å². The van der Waals surface area contributed by atoms with Crippen molar-refractivity contribution in [2.24, 2.45) is 0 Å². The molecule has 0 bridgehead atoms. The predicted octanol–water partition coefficient (Wildman–Crippen LogP) is 2.95. The monoisotopic (exact) mass is 400 g/mol. The molecule has 1 N–H and O–H groups in total. The zero-order valence-corrected chi connectivity index (χ0v) is 16.8. The van der Waals surface area contributed by atoms with Gasteiger partial charge in [-0.25, -0.2) is 21.2 Å². The van der Waals surface area contributed by atoms with Crippen molar-refractivity contribution >= 4 is 31.4 Å². The standard InChI is InChI=1S/C17H21FN2O4S2/c1-11-10-12(2)17(13(3)16(11)20(4)25(5,21)22)26(23,24)19-15-8-6-14(18)7-9-15/h6-10,19H,1-5H3. The van der Waals surface area contributed by atoms with Crippen molar-refractivity contribution in [2.75, 3.05) is 22.3 Å². The third-order valence-corrected chi connectivity index (χ3v) is 6.89. The number of hydrogen-bond acceptors (Lipinski definition) is 4. The summed E-state index contributed by atoms with van der Waals surface area (Å²) in [5.74, 6) is -0.479. The fourth-order valence-electron chi connectivity index (χ4n) is 2.95. The van der Waals surface area contributed by atoms with Crippen LogP contribution in [0.15, 0.2) is 35.2 Å². The van der Waals surface area contributed by atoms with Gasteiger partial charge in [0.15, 0.2) is 0 Å². The lowest BCUT2D eigenvalue weighted by Gasteiger charge is -2.24. The lowest BCUT2D eigenvalue weighted by atomic mass is 10.1. The van der Waals surface area contributed by atoms with Crippen molar-refractivity contribution in [1.82, 2.24) is 0 Å². The maximum absolute atomic E-state index is 13.0. The van der Waals surface area contributed by atoms with Crippen molar-refractivity contribution in [3.05, 3.63) is 52.8 Å². The highest BCUT2D eigenvalue weighted by atomic mass is 32.2. The number of hydrogen-bond donors (Lipinski definition) is 1. The Hall–Kier alpha value is -2.13. The van der Waals surface area contributed by atoms with Gasteiger partial charge in [0.2, 0.25) is 10.0 Å². The second-order valence-electron chi connectivity index (χ2n) is 6.16. The van der Waals surface area contributed by atoms with E-state index in [1.54, 1.807) is 26.8 Å². The first-order valence-electron chi connectivity index (χ1n) is 7.67. The zero-order chi connectivity index (χ0) is 19.9. The molecule has 0 heterocycles. The Balaban J connectivity index is 2.63. The Labute approximate surface area is 153 Å². The van der Waals surface area contributed by atoms with E-state index >= 15 is 0 Å². The topological polar surface area (TPSA) is 83.6 Å². The number of benzene rings is 2. The molecule has 0 radical (unpaired) electrons. The van der Waals surface area contributed by atoms with Gasteiger partial charge < -0.3 is 0 Å². The largest absolute Gasteiger partial charge is 0.280 e. The Kier molecular flexibility index (Phi) is 5.34. The number of sulfonamides is 2. The molecule has 0 unspecified atom stereocenters. The van der Waals surface area contributed by atoms with E-state index in [1.807, 2.05) is 0 Å². The minimum Gasteiger partial charge on any atom is -0.280 e. The lowest BCUT2D eigenvalue weighted by Crippen LogP contribution is -2.27. The summed E-state index contributed by atoms with van der Waals surface area (Å²) >= 11 is 0.